The Labute approximate surface area is 185 Å². The molecule has 2 aromatic carbocycles. The Hall–Kier alpha value is -2.90. The lowest BCUT2D eigenvalue weighted by molar-refractivity contribution is 0.0620. The lowest BCUT2D eigenvalue weighted by Gasteiger charge is -2.34. The van der Waals surface area contributed by atoms with Crippen LogP contribution in [0.5, 0.6) is 5.75 Å². The maximum Gasteiger partial charge on any atom is 0.274 e. The standard InChI is InChI=1S/C23H24ClFN4O2/c1-17-2-7-20(24)22(14-17)31-16-29-9-8-21(26-29)23(30)28-12-10-27(11-13-28)15-18-3-5-19(25)6-4-18/h2-9,14H,10-13,15-16H2,1H3. The van der Waals surface area contributed by atoms with E-state index in [1.807, 2.05) is 24.0 Å². The molecule has 0 unspecified atom stereocenters. The number of hydrogen-bond acceptors (Lipinski definition) is 4. The summed E-state index contributed by atoms with van der Waals surface area (Å²) in [5.41, 5.74) is 2.51. The quantitative estimate of drug-likeness (QED) is 0.579. The number of aromatic nitrogens is 2. The number of piperazine rings is 1. The van der Waals surface area contributed by atoms with E-state index in [1.54, 1.807) is 35.1 Å². The van der Waals surface area contributed by atoms with Crippen LogP contribution in [0, 0.1) is 12.7 Å². The highest BCUT2D eigenvalue weighted by Crippen LogP contribution is 2.25. The first-order valence-electron chi connectivity index (χ1n) is 10.2. The SMILES string of the molecule is Cc1ccc(Cl)c(OCn2ccc(C(=O)N3CCN(Cc4ccc(F)cc4)CC3)n2)c1. The van der Waals surface area contributed by atoms with Crippen LogP contribution in [0.4, 0.5) is 4.39 Å². The zero-order valence-corrected chi connectivity index (χ0v) is 18.1. The van der Waals surface area contributed by atoms with Crippen LogP contribution in [0.25, 0.3) is 0 Å². The van der Waals surface area contributed by atoms with Gasteiger partial charge in [-0.25, -0.2) is 9.07 Å². The van der Waals surface area contributed by atoms with Crippen LogP contribution in [0.3, 0.4) is 0 Å². The minimum Gasteiger partial charge on any atom is -0.470 e. The number of benzene rings is 2. The van der Waals surface area contributed by atoms with Crippen molar-refractivity contribution in [3.63, 3.8) is 0 Å². The zero-order chi connectivity index (χ0) is 21.8. The number of rotatable bonds is 6. The molecule has 1 aliphatic rings. The van der Waals surface area contributed by atoms with E-state index in [0.717, 1.165) is 30.8 Å². The molecule has 1 aromatic heterocycles. The minimum absolute atomic E-state index is 0.0891. The molecule has 1 amide bonds. The highest BCUT2D eigenvalue weighted by Gasteiger charge is 2.23. The van der Waals surface area contributed by atoms with E-state index in [4.69, 9.17) is 16.3 Å². The van der Waals surface area contributed by atoms with Crippen molar-refractivity contribution in [2.75, 3.05) is 26.2 Å². The van der Waals surface area contributed by atoms with E-state index in [2.05, 4.69) is 10.00 Å². The summed E-state index contributed by atoms with van der Waals surface area (Å²) in [4.78, 5) is 16.9. The van der Waals surface area contributed by atoms with Crippen LogP contribution in [-0.4, -0.2) is 51.7 Å². The van der Waals surface area contributed by atoms with Crippen molar-refractivity contribution >= 4 is 17.5 Å². The second kappa shape index (κ2) is 9.49. The van der Waals surface area contributed by atoms with E-state index in [1.165, 1.54) is 12.1 Å². The van der Waals surface area contributed by atoms with E-state index in [-0.39, 0.29) is 18.5 Å². The van der Waals surface area contributed by atoms with Gasteiger partial charge in [0.25, 0.3) is 5.91 Å². The molecule has 0 aliphatic carbocycles. The third-order valence-electron chi connectivity index (χ3n) is 5.28. The van der Waals surface area contributed by atoms with Crippen LogP contribution < -0.4 is 4.74 Å². The van der Waals surface area contributed by atoms with Gasteiger partial charge in [-0.05, 0) is 48.4 Å². The molecule has 4 rings (SSSR count). The van der Waals surface area contributed by atoms with Crippen molar-refractivity contribution in [3.8, 4) is 5.75 Å². The molecule has 6 nitrogen and oxygen atoms in total. The lowest BCUT2D eigenvalue weighted by atomic mass is 10.2. The zero-order valence-electron chi connectivity index (χ0n) is 17.3. The molecule has 1 aliphatic heterocycles. The number of amides is 1. The summed E-state index contributed by atoms with van der Waals surface area (Å²) in [5, 5.41) is 4.89. The smallest absolute Gasteiger partial charge is 0.274 e. The van der Waals surface area contributed by atoms with Gasteiger partial charge in [-0.15, -0.1) is 0 Å². The third kappa shape index (κ3) is 5.42. The fourth-order valence-corrected chi connectivity index (χ4v) is 3.70. The van der Waals surface area contributed by atoms with Gasteiger partial charge < -0.3 is 9.64 Å². The topological polar surface area (TPSA) is 50.6 Å². The largest absolute Gasteiger partial charge is 0.470 e. The number of hydrogen-bond donors (Lipinski definition) is 0. The number of nitrogens with zero attached hydrogens (tertiary/aromatic N) is 4. The first kappa shape index (κ1) is 21.3. The fourth-order valence-electron chi connectivity index (χ4n) is 3.52. The summed E-state index contributed by atoms with van der Waals surface area (Å²) in [6.07, 6.45) is 1.72. The first-order chi connectivity index (χ1) is 15.0. The van der Waals surface area contributed by atoms with Crippen molar-refractivity contribution < 1.29 is 13.9 Å². The van der Waals surface area contributed by atoms with Crippen molar-refractivity contribution in [1.82, 2.24) is 19.6 Å². The number of ether oxygens (including phenoxy) is 1. The number of halogens is 2. The lowest BCUT2D eigenvalue weighted by Crippen LogP contribution is -2.48. The molecule has 31 heavy (non-hydrogen) atoms. The number of carbonyl (C=O) groups excluding carboxylic acids is 1. The number of carbonyl (C=O) groups is 1. The molecule has 0 spiro atoms. The minimum atomic E-state index is -0.231. The van der Waals surface area contributed by atoms with Gasteiger partial charge in [0.15, 0.2) is 12.4 Å². The van der Waals surface area contributed by atoms with Crippen molar-refractivity contribution in [2.45, 2.75) is 20.2 Å². The van der Waals surface area contributed by atoms with Gasteiger partial charge in [0.1, 0.15) is 11.6 Å². The van der Waals surface area contributed by atoms with E-state index >= 15 is 0 Å². The molecule has 3 aromatic rings. The van der Waals surface area contributed by atoms with Gasteiger partial charge in [-0.2, -0.15) is 5.10 Å². The van der Waals surface area contributed by atoms with Gasteiger partial charge in [0.2, 0.25) is 0 Å². The van der Waals surface area contributed by atoms with Crippen LogP contribution in [0.1, 0.15) is 21.6 Å². The highest BCUT2D eigenvalue weighted by atomic mass is 35.5. The van der Waals surface area contributed by atoms with Crippen molar-refractivity contribution in [2.24, 2.45) is 0 Å². The molecule has 8 heteroatoms. The van der Waals surface area contributed by atoms with Gasteiger partial charge in [-0.1, -0.05) is 29.8 Å². The van der Waals surface area contributed by atoms with Crippen LogP contribution in [0.2, 0.25) is 5.02 Å². The third-order valence-corrected chi connectivity index (χ3v) is 5.59. The molecule has 0 N–H and O–H groups in total. The normalized spacial score (nSPS) is 14.6. The Morgan fingerprint density at radius 2 is 1.84 bits per heavy atom. The second-order valence-electron chi connectivity index (χ2n) is 7.64. The highest BCUT2D eigenvalue weighted by molar-refractivity contribution is 6.32. The molecule has 2 heterocycles. The first-order valence-corrected chi connectivity index (χ1v) is 10.5. The molecule has 0 atom stereocenters. The van der Waals surface area contributed by atoms with Gasteiger partial charge in [-0.3, -0.25) is 9.69 Å². The summed E-state index contributed by atoms with van der Waals surface area (Å²) in [7, 11) is 0. The maximum absolute atomic E-state index is 13.1. The molecular formula is C23H24ClFN4O2. The van der Waals surface area contributed by atoms with Crippen molar-refractivity contribution in [1.29, 1.82) is 0 Å². The molecule has 1 saturated heterocycles. The average molecular weight is 443 g/mol. The Morgan fingerprint density at radius 1 is 1.10 bits per heavy atom. The molecule has 0 radical (unpaired) electrons. The predicted octanol–water partition coefficient (Wildman–Crippen LogP) is 3.98. The predicted molar refractivity (Wildman–Crippen MR) is 117 cm³/mol. The monoisotopic (exact) mass is 442 g/mol. The molecular weight excluding hydrogens is 419 g/mol. The molecule has 0 saturated carbocycles. The van der Waals surface area contributed by atoms with Crippen molar-refractivity contribution in [3.05, 3.63) is 82.4 Å². The average Bonchev–Trinajstić information content (AvgIpc) is 3.25. The summed E-state index contributed by atoms with van der Waals surface area (Å²) in [6, 6.07) is 13.8. The molecule has 0 bridgehead atoms. The fraction of sp³-hybridized carbons (Fsp3) is 0.304. The van der Waals surface area contributed by atoms with E-state index in [9.17, 15) is 9.18 Å². The summed E-state index contributed by atoms with van der Waals surface area (Å²) in [5.74, 6) is 0.266. The van der Waals surface area contributed by atoms with Crippen LogP contribution in [0.15, 0.2) is 54.7 Å². The van der Waals surface area contributed by atoms with E-state index in [0.29, 0.717) is 29.6 Å². The van der Waals surface area contributed by atoms with Gasteiger partial charge in [0.05, 0.1) is 5.02 Å². The Bertz CT molecular complexity index is 1050. The van der Waals surface area contributed by atoms with Gasteiger partial charge >= 0.3 is 0 Å². The van der Waals surface area contributed by atoms with E-state index < -0.39 is 0 Å². The summed E-state index contributed by atoms with van der Waals surface area (Å²) >= 11 is 6.15. The van der Waals surface area contributed by atoms with Crippen LogP contribution >= 0.6 is 11.6 Å². The van der Waals surface area contributed by atoms with Gasteiger partial charge in [0, 0.05) is 38.9 Å². The number of aryl methyl sites for hydroxylation is 1. The van der Waals surface area contributed by atoms with Crippen LogP contribution in [-0.2, 0) is 13.3 Å². The second-order valence-corrected chi connectivity index (χ2v) is 8.05. The Morgan fingerprint density at radius 3 is 2.58 bits per heavy atom. The maximum atomic E-state index is 13.1. The Balaban J connectivity index is 1.29. The summed E-state index contributed by atoms with van der Waals surface area (Å²) in [6.45, 7) is 5.66. The molecule has 162 valence electrons. The Kier molecular flexibility index (Phi) is 6.53. The summed E-state index contributed by atoms with van der Waals surface area (Å²) < 4.78 is 20.4. The molecule has 1 fully saturated rings.